The highest BCUT2D eigenvalue weighted by Crippen LogP contribution is 2.42. The molecule has 4 rings (SSSR count). The molecule has 3 aromatic rings. The zero-order valence-corrected chi connectivity index (χ0v) is 26.1. The fourth-order valence-electron chi connectivity index (χ4n) is 5.39. The van der Waals surface area contributed by atoms with Gasteiger partial charge in [0.1, 0.15) is 23.4 Å². The molecule has 0 bridgehead atoms. The Morgan fingerprint density at radius 1 is 0.930 bits per heavy atom. The van der Waals surface area contributed by atoms with Gasteiger partial charge in [-0.3, -0.25) is 9.59 Å². The summed E-state index contributed by atoms with van der Waals surface area (Å²) in [6, 6.07) is 20.4. The summed E-state index contributed by atoms with van der Waals surface area (Å²) in [6.07, 6.45) is 0.320. The first-order chi connectivity index (χ1) is 20.4. The third kappa shape index (κ3) is 8.15. The minimum atomic E-state index is -0.953. The molecular formula is C35H43N3O5. The van der Waals surface area contributed by atoms with Gasteiger partial charge in [-0.25, -0.2) is 4.79 Å². The van der Waals surface area contributed by atoms with E-state index >= 15 is 0 Å². The average molecular weight is 586 g/mol. The molecule has 3 aromatic carbocycles. The Labute approximate surface area is 254 Å². The van der Waals surface area contributed by atoms with Crippen molar-refractivity contribution >= 4 is 23.6 Å². The summed E-state index contributed by atoms with van der Waals surface area (Å²) in [7, 11) is 1.59. The third-order valence-electron chi connectivity index (χ3n) is 7.65. The fraction of sp³-hybridized carbons (Fsp3) is 0.400. The van der Waals surface area contributed by atoms with E-state index in [0.717, 1.165) is 28.7 Å². The number of rotatable bonds is 10. The predicted molar refractivity (Wildman–Crippen MR) is 168 cm³/mol. The SMILES string of the molecule is COc1ccc(NC(=O)C(c2c(C)cccc2C)N(C(=O)C(Cc2ccccc2)NC(=O)OC(C)(C)C)C2CC2C)cc1. The van der Waals surface area contributed by atoms with Crippen molar-refractivity contribution in [1.29, 1.82) is 0 Å². The van der Waals surface area contributed by atoms with Gasteiger partial charge in [0.05, 0.1) is 7.11 Å². The second-order valence-corrected chi connectivity index (χ2v) is 12.3. The molecule has 1 aliphatic carbocycles. The van der Waals surface area contributed by atoms with E-state index in [1.165, 1.54) is 0 Å². The Hall–Kier alpha value is -4.33. The quantitative estimate of drug-likeness (QED) is 0.288. The van der Waals surface area contributed by atoms with Crippen molar-refractivity contribution in [2.75, 3.05) is 12.4 Å². The second-order valence-electron chi connectivity index (χ2n) is 12.3. The first kappa shape index (κ1) is 31.6. The molecule has 0 radical (unpaired) electrons. The van der Waals surface area contributed by atoms with Crippen LogP contribution in [0.1, 0.15) is 62.4 Å². The standard InChI is InChI=1S/C35H43N3O5/c1-22-12-11-13-23(2)30(22)31(32(39)36-26-16-18-27(42-7)19-17-26)38(29-20-24(29)3)33(40)28(21-25-14-9-8-10-15-25)37-34(41)43-35(4,5)6/h8-19,24,28-29,31H,20-21H2,1-7H3,(H,36,39)(H,37,41). The number of aryl methyl sites for hydroxylation is 2. The van der Waals surface area contributed by atoms with Gasteiger partial charge in [0, 0.05) is 18.2 Å². The van der Waals surface area contributed by atoms with Crippen molar-refractivity contribution < 1.29 is 23.9 Å². The summed E-state index contributed by atoms with van der Waals surface area (Å²) in [5.41, 5.74) is 3.31. The largest absolute Gasteiger partial charge is 0.497 e. The van der Waals surface area contributed by atoms with E-state index in [9.17, 15) is 14.4 Å². The van der Waals surface area contributed by atoms with E-state index in [-0.39, 0.29) is 30.2 Å². The number of alkyl carbamates (subject to hydrolysis) is 1. The minimum absolute atomic E-state index is 0.170. The molecule has 0 heterocycles. The van der Waals surface area contributed by atoms with Gasteiger partial charge in [-0.1, -0.05) is 55.5 Å². The van der Waals surface area contributed by atoms with Crippen LogP contribution in [0.25, 0.3) is 0 Å². The fourth-order valence-corrected chi connectivity index (χ4v) is 5.39. The lowest BCUT2D eigenvalue weighted by molar-refractivity contribution is -0.141. The number of hydrogen-bond acceptors (Lipinski definition) is 5. The van der Waals surface area contributed by atoms with E-state index in [1.54, 1.807) is 57.0 Å². The normalized spacial score (nSPS) is 17.3. The number of nitrogens with zero attached hydrogens (tertiary/aromatic N) is 1. The first-order valence-electron chi connectivity index (χ1n) is 14.7. The molecular weight excluding hydrogens is 542 g/mol. The summed E-state index contributed by atoms with van der Waals surface area (Å²) in [5, 5.41) is 5.88. The summed E-state index contributed by atoms with van der Waals surface area (Å²) in [6.45, 7) is 11.3. The lowest BCUT2D eigenvalue weighted by Crippen LogP contribution is -2.54. The number of carbonyl (C=O) groups excluding carboxylic acids is 3. The molecule has 0 saturated heterocycles. The molecule has 228 valence electrons. The van der Waals surface area contributed by atoms with E-state index in [0.29, 0.717) is 11.4 Å². The molecule has 4 unspecified atom stereocenters. The van der Waals surface area contributed by atoms with Gasteiger partial charge in [0.2, 0.25) is 5.91 Å². The molecule has 0 aromatic heterocycles. The van der Waals surface area contributed by atoms with Crippen LogP contribution in [-0.4, -0.2) is 47.6 Å². The number of ether oxygens (including phenoxy) is 2. The van der Waals surface area contributed by atoms with E-state index in [2.05, 4.69) is 17.6 Å². The average Bonchev–Trinajstić information content (AvgIpc) is 3.67. The molecule has 8 heteroatoms. The Bertz CT molecular complexity index is 1410. The van der Waals surface area contributed by atoms with Crippen LogP contribution in [0.4, 0.5) is 10.5 Å². The Morgan fingerprint density at radius 2 is 1.53 bits per heavy atom. The summed E-state index contributed by atoms with van der Waals surface area (Å²) < 4.78 is 10.8. The zero-order valence-electron chi connectivity index (χ0n) is 26.1. The Morgan fingerprint density at radius 3 is 2.07 bits per heavy atom. The highest BCUT2D eigenvalue weighted by Gasteiger charge is 2.48. The number of anilines is 1. The number of nitrogens with one attached hydrogen (secondary N) is 2. The second kappa shape index (κ2) is 13.3. The van der Waals surface area contributed by atoms with Crippen LogP contribution in [0.3, 0.4) is 0 Å². The van der Waals surface area contributed by atoms with Crippen LogP contribution < -0.4 is 15.4 Å². The van der Waals surface area contributed by atoms with Crippen LogP contribution >= 0.6 is 0 Å². The first-order valence-corrected chi connectivity index (χ1v) is 14.7. The van der Waals surface area contributed by atoms with Gasteiger partial charge >= 0.3 is 6.09 Å². The highest BCUT2D eigenvalue weighted by molar-refractivity contribution is 5.99. The van der Waals surface area contributed by atoms with Gasteiger partial charge in [-0.05, 0) is 93.5 Å². The minimum Gasteiger partial charge on any atom is -0.497 e. The van der Waals surface area contributed by atoms with Crippen LogP contribution in [-0.2, 0) is 20.7 Å². The van der Waals surface area contributed by atoms with Crippen molar-refractivity contribution in [1.82, 2.24) is 10.2 Å². The monoisotopic (exact) mass is 585 g/mol. The molecule has 8 nitrogen and oxygen atoms in total. The highest BCUT2D eigenvalue weighted by atomic mass is 16.6. The molecule has 1 saturated carbocycles. The predicted octanol–water partition coefficient (Wildman–Crippen LogP) is 6.36. The van der Waals surface area contributed by atoms with Gasteiger partial charge < -0.3 is 25.0 Å². The molecule has 43 heavy (non-hydrogen) atoms. The van der Waals surface area contributed by atoms with Gasteiger partial charge in [-0.2, -0.15) is 0 Å². The summed E-state index contributed by atoms with van der Waals surface area (Å²) in [4.78, 5) is 43.7. The van der Waals surface area contributed by atoms with Crippen molar-refractivity contribution in [2.24, 2.45) is 5.92 Å². The lowest BCUT2D eigenvalue weighted by Gasteiger charge is -2.36. The molecule has 0 aliphatic heterocycles. The molecule has 2 N–H and O–H groups in total. The van der Waals surface area contributed by atoms with Crippen LogP contribution in [0.5, 0.6) is 5.75 Å². The number of methoxy groups -OCH3 is 1. The summed E-state index contributed by atoms with van der Waals surface area (Å²) >= 11 is 0. The zero-order chi connectivity index (χ0) is 31.3. The number of hydrogen-bond donors (Lipinski definition) is 2. The molecule has 0 spiro atoms. The van der Waals surface area contributed by atoms with E-state index < -0.39 is 23.8 Å². The lowest BCUT2D eigenvalue weighted by atomic mass is 9.93. The van der Waals surface area contributed by atoms with Crippen molar-refractivity contribution in [2.45, 2.75) is 78.1 Å². The molecule has 1 aliphatic rings. The van der Waals surface area contributed by atoms with Crippen molar-refractivity contribution in [3.05, 3.63) is 95.1 Å². The number of benzene rings is 3. The smallest absolute Gasteiger partial charge is 0.408 e. The van der Waals surface area contributed by atoms with Crippen molar-refractivity contribution in [3.8, 4) is 5.75 Å². The maximum absolute atomic E-state index is 14.7. The van der Waals surface area contributed by atoms with E-state index in [4.69, 9.17) is 9.47 Å². The number of amides is 3. The van der Waals surface area contributed by atoms with Crippen LogP contribution in [0.2, 0.25) is 0 Å². The Balaban J connectivity index is 1.77. The van der Waals surface area contributed by atoms with Gasteiger partial charge in [0.25, 0.3) is 5.91 Å². The molecule has 4 atom stereocenters. The summed E-state index contributed by atoms with van der Waals surface area (Å²) in [5.74, 6) is 0.209. The van der Waals surface area contributed by atoms with E-state index in [1.807, 2.05) is 62.4 Å². The Kier molecular flexibility index (Phi) is 9.79. The third-order valence-corrected chi connectivity index (χ3v) is 7.65. The molecule has 3 amide bonds. The van der Waals surface area contributed by atoms with Crippen LogP contribution in [0, 0.1) is 19.8 Å². The van der Waals surface area contributed by atoms with Crippen molar-refractivity contribution in [3.63, 3.8) is 0 Å². The van der Waals surface area contributed by atoms with Gasteiger partial charge in [0.15, 0.2) is 0 Å². The molecule has 1 fully saturated rings. The maximum Gasteiger partial charge on any atom is 0.408 e. The number of carbonyl (C=O) groups is 3. The topological polar surface area (TPSA) is 97.0 Å². The van der Waals surface area contributed by atoms with Gasteiger partial charge in [-0.15, -0.1) is 0 Å². The maximum atomic E-state index is 14.7. The van der Waals surface area contributed by atoms with Crippen LogP contribution in [0.15, 0.2) is 72.8 Å².